The molecule has 0 radical (unpaired) electrons. The zero-order valence-electron chi connectivity index (χ0n) is 16.0. The molecule has 1 saturated heterocycles. The number of aromatic nitrogens is 2. The Balaban J connectivity index is 1.77. The number of methoxy groups -OCH3 is 1. The Morgan fingerprint density at radius 2 is 2.03 bits per heavy atom. The molecule has 5 nitrogen and oxygen atoms in total. The number of likely N-dealkylation sites (tertiary alicyclic amines) is 1. The number of halogens is 6. The van der Waals surface area contributed by atoms with Gasteiger partial charge in [-0.2, -0.15) is 18.3 Å². The van der Waals surface area contributed by atoms with Crippen molar-refractivity contribution in [3.8, 4) is 0 Å². The normalized spacial score (nSPS) is 14.9. The molecule has 2 heterocycles. The van der Waals surface area contributed by atoms with E-state index in [1.54, 1.807) is 7.11 Å². The fraction of sp³-hybridized carbons (Fsp3) is 0.300. The van der Waals surface area contributed by atoms with Crippen molar-refractivity contribution in [1.29, 1.82) is 0 Å². The molecule has 1 aromatic heterocycles. The van der Waals surface area contributed by atoms with Crippen LogP contribution in [0.3, 0.4) is 0 Å². The first-order valence-corrected chi connectivity index (χ1v) is 10.6. The maximum atomic E-state index is 14.8. The number of benzene rings is 2. The fourth-order valence-electron chi connectivity index (χ4n) is 3.52. The van der Waals surface area contributed by atoms with Crippen molar-refractivity contribution >= 4 is 51.0 Å². The maximum Gasteiger partial charge on any atom is 0.416 e. The van der Waals surface area contributed by atoms with E-state index in [1.807, 2.05) is 22.6 Å². The number of hydrogen-bond acceptors (Lipinski definition) is 3. The molecule has 11 heteroatoms. The second kappa shape index (κ2) is 8.21. The van der Waals surface area contributed by atoms with Gasteiger partial charge in [0.25, 0.3) is 5.91 Å². The third kappa shape index (κ3) is 4.12. The third-order valence-electron chi connectivity index (χ3n) is 5.21. The lowest BCUT2D eigenvalue weighted by Crippen LogP contribution is -2.54. The van der Waals surface area contributed by atoms with E-state index in [-0.39, 0.29) is 49.3 Å². The van der Waals surface area contributed by atoms with Gasteiger partial charge in [0, 0.05) is 36.3 Å². The number of carbonyl (C=O) groups excluding carboxylic acids is 1. The standard InChI is InChI=1S/C20H15ClF4IN3O2/c1-31-11-7-28(8-11)19(30)10-5-15(22)17-16(6-10)29(27-18(17)26)9-12-13(20(23,24)25)3-2-4-14(12)21/h2-6,11H,7-9H2,1H3. The van der Waals surface area contributed by atoms with E-state index < -0.39 is 17.6 Å². The van der Waals surface area contributed by atoms with Gasteiger partial charge >= 0.3 is 6.18 Å². The second-order valence-corrected chi connectivity index (χ2v) is 8.56. The summed E-state index contributed by atoms with van der Waals surface area (Å²) in [6, 6.07) is 6.07. The summed E-state index contributed by atoms with van der Waals surface area (Å²) in [7, 11) is 1.54. The lowest BCUT2D eigenvalue weighted by atomic mass is 10.1. The van der Waals surface area contributed by atoms with Gasteiger partial charge in [-0.3, -0.25) is 9.48 Å². The average Bonchev–Trinajstić information content (AvgIpc) is 2.97. The average molecular weight is 568 g/mol. The molecule has 31 heavy (non-hydrogen) atoms. The Labute approximate surface area is 193 Å². The van der Waals surface area contributed by atoms with Crippen LogP contribution >= 0.6 is 34.2 Å². The smallest absolute Gasteiger partial charge is 0.378 e. The summed E-state index contributed by atoms with van der Waals surface area (Å²) in [6.07, 6.45) is -4.68. The molecule has 0 bridgehead atoms. The quantitative estimate of drug-likeness (QED) is 0.331. The summed E-state index contributed by atoms with van der Waals surface area (Å²) in [5.41, 5.74) is -0.769. The number of carbonyl (C=O) groups is 1. The molecule has 2 aromatic carbocycles. The van der Waals surface area contributed by atoms with Crippen molar-refractivity contribution in [2.24, 2.45) is 0 Å². The van der Waals surface area contributed by atoms with Gasteiger partial charge in [0.15, 0.2) is 0 Å². The monoisotopic (exact) mass is 567 g/mol. The van der Waals surface area contributed by atoms with Gasteiger partial charge in [-0.05, 0) is 46.9 Å². The van der Waals surface area contributed by atoms with Gasteiger partial charge in [-0.1, -0.05) is 17.7 Å². The summed E-state index contributed by atoms with van der Waals surface area (Å²) < 4.78 is 61.9. The van der Waals surface area contributed by atoms with E-state index in [9.17, 15) is 22.4 Å². The van der Waals surface area contributed by atoms with Crippen LogP contribution in [0.25, 0.3) is 10.9 Å². The minimum absolute atomic E-state index is 0.0648. The lowest BCUT2D eigenvalue weighted by molar-refractivity contribution is -0.138. The van der Waals surface area contributed by atoms with Crippen LogP contribution in [0.2, 0.25) is 5.02 Å². The molecule has 4 rings (SSSR count). The molecule has 1 amide bonds. The molecule has 164 valence electrons. The fourth-order valence-corrected chi connectivity index (χ4v) is 4.55. The minimum atomic E-state index is -4.61. The van der Waals surface area contributed by atoms with Gasteiger partial charge in [-0.15, -0.1) is 0 Å². The van der Waals surface area contributed by atoms with Gasteiger partial charge < -0.3 is 9.64 Å². The molecule has 0 aliphatic carbocycles. The van der Waals surface area contributed by atoms with Gasteiger partial charge in [0.2, 0.25) is 0 Å². The topological polar surface area (TPSA) is 47.4 Å². The molecule has 1 fully saturated rings. The Morgan fingerprint density at radius 3 is 2.68 bits per heavy atom. The summed E-state index contributed by atoms with van der Waals surface area (Å²) in [4.78, 5) is 14.2. The molecule has 0 saturated carbocycles. The number of nitrogens with zero attached hydrogens (tertiary/aromatic N) is 3. The van der Waals surface area contributed by atoms with Crippen LogP contribution in [-0.2, 0) is 17.5 Å². The molecule has 0 unspecified atom stereocenters. The highest BCUT2D eigenvalue weighted by Gasteiger charge is 2.35. The zero-order chi connectivity index (χ0) is 22.5. The first-order chi connectivity index (χ1) is 14.6. The van der Waals surface area contributed by atoms with Gasteiger partial charge in [0.05, 0.1) is 29.1 Å². The van der Waals surface area contributed by atoms with Crippen LogP contribution in [-0.4, -0.2) is 46.9 Å². The first kappa shape index (κ1) is 22.3. The zero-order valence-corrected chi connectivity index (χ0v) is 18.9. The van der Waals surface area contributed by atoms with Crippen LogP contribution in [0, 0.1) is 9.52 Å². The van der Waals surface area contributed by atoms with Gasteiger partial charge in [0.1, 0.15) is 9.52 Å². The van der Waals surface area contributed by atoms with E-state index in [2.05, 4.69) is 5.10 Å². The van der Waals surface area contributed by atoms with Crippen molar-refractivity contribution in [3.63, 3.8) is 0 Å². The van der Waals surface area contributed by atoms with Gasteiger partial charge in [-0.25, -0.2) is 4.39 Å². The Kier molecular flexibility index (Phi) is 5.90. The summed E-state index contributed by atoms with van der Waals surface area (Å²) in [5.74, 6) is -1.05. The Morgan fingerprint density at radius 1 is 1.32 bits per heavy atom. The highest BCUT2D eigenvalue weighted by molar-refractivity contribution is 14.1. The first-order valence-electron chi connectivity index (χ1n) is 9.12. The largest absolute Gasteiger partial charge is 0.416 e. The number of rotatable bonds is 4. The molecule has 1 aliphatic rings. The third-order valence-corrected chi connectivity index (χ3v) is 6.32. The van der Waals surface area contributed by atoms with Crippen LogP contribution in [0.4, 0.5) is 17.6 Å². The minimum Gasteiger partial charge on any atom is -0.378 e. The van der Waals surface area contributed by atoms with Crippen LogP contribution in [0.5, 0.6) is 0 Å². The van der Waals surface area contributed by atoms with Crippen molar-refractivity contribution in [2.45, 2.75) is 18.8 Å². The number of ether oxygens (including phenoxy) is 1. The predicted octanol–water partition coefficient (Wildman–Crippen LogP) is 4.97. The second-order valence-electron chi connectivity index (χ2n) is 7.13. The summed E-state index contributed by atoms with van der Waals surface area (Å²) in [5, 5.41) is 4.27. The lowest BCUT2D eigenvalue weighted by Gasteiger charge is -2.38. The number of hydrogen-bond donors (Lipinski definition) is 0. The Bertz CT molecular complexity index is 1180. The molecular formula is C20H15ClF4IN3O2. The molecular weight excluding hydrogens is 553 g/mol. The van der Waals surface area contributed by atoms with Crippen LogP contribution < -0.4 is 0 Å². The van der Waals surface area contributed by atoms with E-state index in [4.69, 9.17) is 16.3 Å². The highest BCUT2D eigenvalue weighted by atomic mass is 127. The molecule has 1 aliphatic heterocycles. The number of fused-ring (bicyclic) bond motifs is 1. The highest BCUT2D eigenvalue weighted by Crippen LogP contribution is 2.36. The van der Waals surface area contributed by atoms with E-state index in [0.717, 1.165) is 12.1 Å². The Hall–Kier alpha value is -1.92. The van der Waals surface area contributed by atoms with Crippen molar-refractivity contribution in [1.82, 2.24) is 14.7 Å². The molecule has 0 atom stereocenters. The van der Waals surface area contributed by atoms with Crippen molar-refractivity contribution in [2.75, 3.05) is 20.2 Å². The molecule has 0 spiro atoms. The number of alkyl halides is 3. The van der Waals surface area contributed by atoms with Crippen LogP contribution in [0.15, 0.2) is 30.3 Å². The molecule has 3 aromatic rings. The van der Waals surface area contributed by atoms with E-state index >= 15 is 0 Å². The van der Waals surface area contributed by atoms with E-state index in [1.165, 1.54) is 27.8 Å². The van der Waals surface area contributed by atoms with Crippen LogP contribution in [0.1, 0.15) is 21.5 Å². The van der Waals surface area contributed by atoms with Crippen molar-refractivity contribution < 1.29 is 27.1 Å². The number of amides is 1. The molecule has 0 N–H and O–H groups in total. The predicted molar refractivity (Wildman–Crippen MR) is 115 cm³/mol. The van der Waals surface area contributed by atoms with E-state index in [0.29, 0.717) is 13.1 Å². The van der Waals surface area contributed by atoms with Crippen molar-refractivity contribution in [3.05, 3.63) is 61.6 Å². The summed E-state index contributed by atoms with van der Waals surface area (Å²) in [6.45, 7) is 0.446. The maximum absolute atomic E-state index is 14.8. The SMILES string of the molecule is COC1CN(C(=O)c2cc(F)c3c(I)nn(Cc4c(Cl)cccc4C(F)(F)F)c3c2)C1. The summed E-state index contributed by atoms with van der Waals surface area (Å²) >= 11 is 7.87.